The molecule has 0 aromatic carbocycles. The number of likely N-dealkylation sites (tertiary alicyclic amines) is 2. The highest BCUT2D eigenvalue weighted by molar-refractivity contribution is 5.77. The third kappa shape index (κ3) is 1.97. The molecule has 2 atom stereocenters. The molecular formula is C18H28N2O3. The van der Waals surface area contributed by atoms with Crippen LogP contribution in [-0.4, -0.2) is 53.1 Å². The number of carboxylic acid groups (broad SMARTS) is 1. The molecule has 2 heterocycles. The van der Waals surface area contributed by atoms with E-state index in [2.05, 4.69) is 25.7 Å². The fourth-order valence-corrected chi connectivity index (χ4v) is 5.69. The fraction of sp³-hybridized carbons (Fsp3) is 0.889. The van der Waals surface area contributed by atoms with Crippen LogP contribution < -0.4 is 0 Å². The highest BCUT2D eigenvalue weighted by Gasteiger charge is 2.59. The number of aliphatic carboxylic acids is 1. The van der Waals surface area contributed by atoms with Crippen molar-refractivity contribution in [1.29, 1.82) is 0 Å². The Balaban J connectivity index is 1.37. The molecule has 1 N–H and O–H groups in total. The highest BCUT2D eigenvalue weighted by atomic mass is 16.4. The number of amides is 2. The Morgan fingerprint density at radius 2 is 1.70 bits per heavy atom. The third-order valence-electron chi connectivity index (χ3n) is 7.90. The van der Waals surface area contributed by atoms with Crippen molar-refractivity contribution in [3.8, 4) is 0 Å². The first-order chi connectivity index (χ1) is 10.7. The number of nitrogens with zero attached hydrogens (tertiary/aromatic N) is 2. The minimum Gasteiger partial charge on any atom is -0.481 e. The van der Waals surface area contributed by atoms with Crippen molar-refractivity contribution in [3.05, 3.63) is 0 Å². The zero-order valence-corrected chi connectivity index (χ0v) is 14.5. The summed E-state index contributed by atoms with van der Waals surface area (Å²) in [5.74, 6) is -0.249. The molecule has 2 aliphatic carbocycles. The van der Waals surface area contributed by atoms with Gasteiger partial charge in [-0.2, -0.15) is 0 Å². The summed E-state index contributed by atoms with van der Waals surface area (Å²) in [5, 5.41) is 9.02. The molecule has 0 radical (unpaired) electrons. The summed E-state index contributed by atoms with van der Waals surface area (Å²) in [6.45, 7) is 10.4. The molecule has 0 aromatic rings. The van der Waals surface area contributed by atoms with Gasteiger partial charge in [0.15, 0.2) is 0 Å². The number of carbonyl (C=O) groups is 2. The van der Waals surface area contributed by atoms with E-state index in [0.717, 1.165) is 39.0 Å². The summed E-state index contributed by atoms with van der Waals surface area (Å²) >= 11 is 0. The van der Waals surface area contributed by atoms with Gasteiger partial charge in [0.05, 0.1) is 5.92 Å². The van der Waals surface area contributed by atoms with Crippen LogP contribution in [0.4, 0.5) is 4.79 Å². The van der Waals surface area contributed by atoms with Gasteiger partial charge in [-0.05, 0) is 42.4 Å². The van der Waals surface area contributed by atoms with Gasteiger partial charge >= 0.3 is 12.0 Å². The van der Waals surface area contributed by atoms with E-state index in [-0.39, 0.29) is 22.8 Å². The SMILES string of the molecule is CC1(C)[C@@H]2CC[C@@]1(C)CN(C(=O)N1CC3(CC(C(=O)O)C3)C1)C2. The molecule has 0 unspecified atom stereocenters. The zero-order valence-electron chi connectivity index (χ0n) is 14.5. The van der Waals surface area contributed by atoms with Crippen molar-refractivity contribution in [1.82, 2.24) is 9.80 Å². The molecule has 4 rings (SSSR count). The highest BCUT2D eigenvalue weighted by Crippen LogP contribution is 2.59. The first-order valence-corrected chi connectivity index (χ1v) is 8.93. The van der Waals surface area contributed by atoms with E-state index < -0.39 is 5.97 Å². The summed E-state index contributed by atoms with van der Waals surface area (Å²) < 4.78 is 0. The van der Waals surface area contributed by atoms with Crippen molar-refractivity contribution in [2.75, 3.05) is 26.2 Å². The Kier molecular flexibility index (Phi) is 2.94. The van der Waals surface area contributed by atoms with E-state index in [1.807, 2.05) is 4.90 Å². The lowest BCUT2D eigenvalue weighted by atomic mass is 9.58. The van der Waals surface area contributed by atoms with E-state index >= 15 is 0 Å². The minimum absolute atomic E-state index is 0.122. The van der Waals surface area contributed by atoms with Crippen molar-refractivity contribution in [2.45, 2.75) is 46.5 Å². The van der Waals surface area contributed by atoms with Crippen LogP contribution in [0.25, 0.3) is 0 Å². The van der Waals surface area contributed by atoms with Crippen molar-refractivity contribution < 1.29 is 14.7 Å². The summed E-state index contributed by atoms with van der Waals surface area (Å²) in [4.78, 5) is 27.8. The number of carboxylic acids is 1. The number of carbonyl (C=O) groups excluding carboxylic acids is 1. The maximum absolute atomic E-state index is 12.8. The van der Waals surface area contributed by atoms with Crippen molar-refractivity contribution in [2.24, 2.45) is 28.1 Å². The molecule has 0 aromatic heterocycles. The maximum Gasteiger partial charge on any atom is 0.320 e. The van der Waals surface area contributed by atoms with E-state index in [1.54, 1.807) is 0 Å². The lowest BCUT2D eigenvalue weighted by Crippen LogP contribution is -2.68. The summed E-state index contributed by atoms with van der Waals surface area (Å²) in [6, 6.07) is 0.183. The summed E-state index contributed by atoms with van der Waals surface area (Å²) in [6.07, 6.45) is 3.95. The summed E-state index contributed by atoms with van der Waals surface area (Å²) in [7, 11) is 0. The Morgan fingerprint density at radius 3 is 2.26 bits per heavy atom. The second-order valence-corrected chi connectivity index (χ2v) is 9.48. The minimum atomic E-state index is -0.678. The zero-order chi connectivity index (χ0) is 16.6. The van der Waals surface area contributed by atoms with Crippen LogP contribution in [0.1, 0.15) is 46.5 Å². The van der Waals surface area contributed by atoms with Gasteiger partial charge in [-0.3, -0.25) is 4.79 Å². The van der Waals surface area contributed by atoms with Gasteiger partial charge in [0.25, 0.3) is 0 Å². The lowest BCUT2D eigenvalue weighted by molar-refractivity contribution is -0.158. The molecule has 128 valence electrons. The first kappa shape index (κ1) is 15.3. The molecule has 1 spiro atoms. The molecule has 2 bridgehead atoms. The molecule has 23 heavy (non-hydrogen) atoms. The van der Waals surface area contributed by atoms with Gasteiger partial charge in [0.1, 0.15) is 0 Å². The first-order valence-electron chi connectivity index (χ1n) is 8.93. The molecule has 5 heteroatoms. The van der Waals surface area contributed by atoms with Crippen LogP contribution >= 0.6 is 0 Å². The van der Waals surface area contributed by atoms with E-state index in [1.165, 1.54) is 12.8 Å². The molecule has 4 fully saturated rings. The van der Waals surface area contributed by atoms with E-state index in [9.17, 15) is 9.59 Å². The van der Waals surface area contributed by atoms with Crippen molar-refractivity contribution >= 4 is 12.0 Å². The molecule has 4 aliphatic rings. The van der Waals surface area contributed by atoms with Crippen LogP contribution in [0.3, 0.4) is 0 Å². The number of rotatable bonds is 1. The van der Waals surface area contributed by atoms with E-state index in [4.69, 9.17) is 5.11 Å². The Bertz CT molecular complexity index is 559. The molecule has 2 amide bonds. The second-order valence-electron chi connectivity index (χ2n) is 9.48. The van der Waals surface area contributed by atoms with Gasteiger partial charge < -0.3 is 14.9 Å². The maximum atomic E-state index is 12.8. The Morgan fingerprint density at radius 1 is 1.04 bits per heavy atom. The lowest BCUT2D eigenvalue weighted by Gasteiger charge is -2.59. The van der Waals surface area contributed by atoms with Gasteiger partial charge in [-0.15, -0.1) is 0 Å². The Hall–Kier alpha value is -1.26. The Labute approximate surface area is 138 Å². The molecule has 2 aliphatic heterocycles. The molecule has 5 nitrogen and oxygen atoms in total. The van der Waals surface area contributed by atoms with Crippen LogP contribution in [0.5, 0.6) is 0 Å². The standard InChI is InChI=1S/C18H28N2O3/c1-16(2)13-4-5-17(16,3)9-19(8-13)15(23)20-10-18(11-20)6-12(7-18)14(21)22/h12-13H,4-11H2,1-3H3,(H,21,22)/t13-,17+/m1/s1. The smallest absolute Gasteiger partial charge is 0.320 e. The van der Waals surface area contributed by atoms with Gasteiger partial charge in [0.2, 0.25) is 0 Å². The molecular weight excluding hydrogens is 292 g/mol. The average molecular weight is 320 g/mol. The number of hydrogen-bond acceptors (Lipinski definition) is 2. The van der Waals surface area contributed by atoms with E-state index in [0.29, 0.717) is 11.3 Å². The number of hydrogen-bond donors (Lipinski definition) is 1. The number of fused-ring (bicyclic) bond motifs is 2. The van der Waals surface area contributed by atoms with Crippen LogP contribution in [0.2, 0.25) is 0 Å². The molecule has 2 saturated heterocycles. The quantitative estimate of drug-likeness (QED) is 0.808. The molecule has 2 saturated carbocycles. The average Bonchev–Trinajstić information content (AvgIpc) is 2.53. The monoisotopic (exact) mass is 320 g/mol. The van der Waals surface area contributed by atoms with Crippen LogP contribution in [0, 0.1) is 28.1 Å². The fourth-order valence-electron chi connectivity index (χ4n) is 5.69. The number of urea groups is 1. The van der Waals surface area contributed by atoms with Crippen LogP contribution in [-0.2, 0) is 4.79 Å². The van der Waals surface area contributed by atoms with Crippen molar-refractivity contribution in [3.63, 3.8) is 0 Å². The largest absolute Gasteiger partial charge is 0.481 e. The predicted octanol–water partition coefficient (Wildman–Crippen LogP) is 2.66. The topological polar surface area (TPSA) is 60.9 Å². The summed E-state index contributed by atoms with van der Waals surface area (Å²) in [5.41, 5.74) is 0.679. The van der Waals surface area contributed by atoms with Gasteiger partial charge in [-0.1, -0.05) is 20.8 Å². The van der Waals surface area contributed by atoms with Crippen LogP contribution in [0.15, 0.2) is 0 Å². The second kappa shape index (κ2) is 4.42. The predicted molar refractivity (Wildman–Crippen MR) is 85.9 cm³/mol. The van der Waals surface area contributed by atoms with Gasteiger partial charge in [0, 0.05) is 31.6 Å². The number of piperidine rings is 1. The normalized spacial score (nSPS) is 37.4. The third-order valence-corrected chi connectivity index (χ3v) is 7.90. The van der Waals surface area contributed by atoms with Gasteiger partial charge in [-0.25, -0.2) is 4.79 Å².